The van der Waals surface area contributed by atoms with Gasteiger partial charge in [-0.3, -0.25) is 14.4 Å². The van der Waals surface area contributed by atoms with Crippen LogP contribution in [-0.4, -0.2) is 141 Å². The van der Waals surface area contributed by atoms with E-state index in [2.05, 4.69) is 39.6 Å². The molecule has 1 aliphatic heterocycles. The third-order valence-corrected chi connectivity index (χ3v) is 15.9. The summed E-state index contributed by atoms with van der Waals surface area (Å²) < 4.78 is 53.0. The summed E-state index contributed by atoms with van der Waals surface area (Å²) in [4.78, 5) is 40.3. The van der Waals surface area contributed by atoms with Crippen LogP contribution >= 0.6 is 0 Å². The Morgan fingerprint density at radius 2 is 0.679 bits per heavy atom. The van der Waals surface area contributed by atoms with Gasteiger partial charge in [0.2, 0.25) is 0 Å². The maximum atomic E-state index is 12.9. The van der Waals surface area contributed by atoms with Crippen molar-refractivity contribution in [3.8, 4) is 0 Å². The van der Waals surface area contributed by atoms with E-state index < -0.39 is 0 Å². The summed E-state index contributed by atoms with van der Waals surface area (Å²) in [5.41, 5.74) is 0. The smallest absolute Gasteiger partial charge is 0.309 e. The number of hydrogen-bond acceptors (Lipinski definition) is 13. The van der Waals surface area contributed by atoms with Gasteiger partial charge in [0, 0.05) is 26.1 Å². The summed E-state index contributed by atoms with van der Waals surface area (Å²) in [5, 5.41) is 0. The lowest BCUT2D eigenvalue weighted by molar-refractivity contribution is -0.152. The minimum Gasteiger partial charge on any atom is -0.463 e. The fourth-order valence-electron chi connectivity index (χ4n) is 10.6. The minimum absolute atomic E-state index is 0.00460. The van der Waals surface area contributed by atoms with Gasteiger partial charge < -0.3 is 47.5 Å². The number of piperidine rings is 1. The van der Waals surface area contributed by atoms with E-state index in [1.165, 1.54) is 128 Å². The first-order valence-electron chi connectivity index (χ1n) is 34.6. The average Bonchev–Trinajstić information content (AvgIpc) is 3.46. The molecule has 0 aromatic rings. The highest BCUT2D eigenvalue weighted by molar-refractivity contribution is 5.72. The highest BCUT2D eigenvalue weighted by Crippen LogP contribution is 2.21. The molecule has 1 heterocycles. The molecule has 1 saturated heterocycles. The molecule has 13 nitrogen and oxygen atoms in total. The van der Waals surface area contributed by atoms with Gasteiger partial charge in [0.25, 0.3) is 0 Å². The van der Waals surface area contributed by atoms with Crippen LogP contribution in [0.25, 0.3) is 0 Å². The van der Waals surface area contributed by atoms with Crippen molar-refractivity contribution in [2.45, 2.75) is 316 Å². The predicted molar refractivity (Wildman–Crippen MR) is 332 cm³/mol. The molecule has 1 unspecified atom stereocenters. The highest BCUT2D eigenvalue weighted by atomic mass is 16.6. The van der Waals surface area contributed by atoms with E-state index >= 15 is 0 Å². The van der Waals surface area contributed by atoms with Gasteiger partial charge in [-0.05, 0) is 110 Å². The monoisotopic (exact) mass is 1150 g/mol. The number of esters is 3. The maximum Gasteiger partial charge on any atom is 0.309 e. The van der Waals surface area contributed by atoms with Crippen LogP contribution in [0.15, 0.2) is 0 Å². The standard InChI is InChI=1S/C68H131NO12/c1-6-10-14-18-24-32-40-63(41-33-25-19-15-11-7-2)80-66(70)44-36-28-22-30-38-50-76-60-65(61-77-57-56-74-53-52-73-54-55-75-58-59-79-68(72)62-46-48-69(5)49-47-62)78-51-39-31-23-29-37-45-67(71)81-64(42-34-26-20-16-12-8-3)43-35-27-21-17-13-9-4/h62-65H,6-61H2,1-5H3. The van der Waals surface area contributed by atoms with Crippen molar-refractivity contribution in [1.82, 2.24) is 4.90 Å². The quantitative estimate of drug-likeness (QED) is 0.0325. The number of likely N-dealkylation sites (tertiary alicyclic amines) is 1. The molecule has 0 spiro atoms. The number of hydrogen-bond donors (Lipinski definition) is 0. The van der Waals surface area contributed by atoms with Gasteiger partial charge in [0.15, 0.2) is 0 Å². The first-order valence-corrected chi connectivity index (χ1v) is 34.6. The molecule has 0 N–H and O–H groups in total. The molecule has 0 aromatic carbocycles. The van der Waals surface area contributed by atoms with E-state index in [-0.39, 0.29) is 48.7 Å². The molecule has 0 amide bonds. The SMILES string of the molecule is CCCCCCCCC(CCCCCCCC)OC(=O)CCCCCCCOCC(COCCOCCOCCOCCOC(=O)C1CCN(C)CC1)OCCCCCCCC(=O)OC(CCCCCCCC)CCCCCCCC. The summed E-state index contributed by atoms with van der Waals surface area (Å²) in [5.74, 6) is -0.135. The second kappa shape index (κ2) is 61.2. The molecule has 1 rings (SSSR count). The lowest BCUT2D eigenvalue weighted by Gasteiger charge is -2.27. The van der Waals surface area contributed by atoms with Gasteiger partial charge in [-0.15, -0.1) is 0 Å². The highest BCUT2D eigenvalue weighted by Gasteiger charge is 2.24. The topological polar surface area (TPSA) is 138 Å². The van der Waals surface area contributed by atoms with E-state index in [1.807, 2.05) is 0 Å². The summed E-state index contributed by atoms with van der Waals surface area (Å²) in [6.45, 7) is 16.5. The summed E-state index contributed by atoms with van der Waals surface area (Å²) >= 11 is 0. The number of carbonyl (C=O) groups is 3. The second-order valence-corrected chi connectivity index (χ2v) is 23.7. The number of rotatable bonds is 64. The van der Waals surface area contributed by atoms with Crippen LogP contribution in [0, 0.1) is 5.92 Å². The van der Waals surface area contributed by atoms with E-state index in [0.29, 0.717) is 85.5 Å². The van der Waals surface area contributed by atoms with E-state index in [1.54, 1.807) is 0 Å². The zero-order valence-corrected chi connectivity index (χ0v) is 53.8. The summed E-state index contributed by atoms with van der Waals surface area (Å²) in [6, 6.07) is 0. The molecule has 81 heavy (non-hydrogen) atoms. The van der Waals surface area contributed by atoms with Crippen molar-refractivity contribution in [2.75, 3.05) is 99.4 Å². The Morgan fingerprint density at radius 1 is 0.358 bits per heavy atom. The van der Waals surface area contributed by atoms with Gasteiger partial charge >= 0.3 is 17.9 Å². The van der Waals surface area contributed by atoms with Crippen molar-refractivity contribution in [1.29, 1.82) is 0 Å². The molecule has 0 aliphatic carbocycles. The van der Waals surface area contributed by atoms with Gasteiger partial charge in [-0.25, -0.2) is 0 Å². The lowest BCUT2D eigenvalue weighted by Crippen LogP contribution is -2.34. The molecular weight excluding hydrogens is 1020 g/mol. The van der Waals surface area contributed by atoms with Crippen LogP contribution in [0.3, 0.4) is 0 Å². The van der Waals surface area contributed by atoms with Crippen LogP contribution in [0.5, 0.6) is 0 Å². The predicted octanol–water partition coefficient (Wildman–Crippen LogP) is 16.8. The molecule has 0 aromatic heterocycles. The van der Waals surface area contributed by atoms with Gasteiger partial charge in [-0.2, -0.15) is 0 Å². The number of carbonyl (C=O) groups excluding carboxylic acids is 3. The molecule has 0 saturated carbocycles. The third kappa shape index (κ3) is 53.3. The van der Waals surface area contributed by atoms with E-state index in [4.69, 9.17) is 42.6 Å². The van der Waals surface area contributed by atoms with Crippen LogP contribution in [-0.2, 0) is 57.0 Å². The van der Waals surface area contributed by atoms with Crippen molar-refractivity contribution in [3.05, 3.63) is 0 Å². The number of unbranched alkanes of at least 4 members (excludes halogenated alkanes) is 28. The van der Waals surface area contributed by atoms with E-state index in [9.17, 15) is 14.4 Å². The van der Waals surface area contributed by atoms with Crippen molar-refractivity contribution >= 4 is 17.9 Å². The molecular formula is C68H131NO12. The zero-order chi connectivity index (χ0) is 58.6. The van der Waals surface area contributed by atoms with Crippen molar-refractivity contribution in [3.63, 3.8) is 0 Å². The Morgan fingerprint density at radius 3 is 1.09 bits per heavy atom. The Bertz CT molecular complexity index is 1300. The molecule has 480 valence electrons. The Balaban J connectivity index is 2.41. The largest absolute Gasteiger partial charge is 0.463 e. The van der Waals surface area contributed by atoms with Crippen molar-refractivity contribution < 1.29 is 57.0 Å². The van der Waals surface area contributed by atoms with Crippen LogP contribution < -0.4 is 0 Å². The third-order valence-electron chi connectivity index (χ3n) is 15.9. The first-order chi connectivity index (χ1) is 39.8. The molecule has 1 atom stereocenters. The molecule has 0 bridgehead atoms. The summed E-state index contributed by atoms with van der Waals surface area (Å²) in [6.07, 6.45) is 47.1. The number of ether oxygens (including phenoxy) is 9. The second-order valence-electron chi connectivity index (χ2n) is 23.7. The average molecular weight is 1150 g/mol. The first kappa shape index (κ1) is 77.1. The lowest BCUT2D eigenvalue weighted by atomic mass is 9.97. The Kier molecular flexibility index (Phi) is 58.3. The maximum absolute atomic E-state index is 12.9. The van der Waals surface area contributed by atoms with E-state index in [0.717, 1.165) is 142 Å². The molecule has 1 aliphatic rings. The minimum atomic E-state index is -0.168. The van der Waals surface area contributed by atoms with Crippen molar-refractivity contribution in [2.24, 2.45) is 5.92 Å². The van der Waals surface area contributed by atoms with Gasteiger partial charge in [0.05, 0.1) is 65.4 Å². The normalized spacial score (nSPS) is 13.7. The molecule has 0 radical (unpaired) electrons. The van der Waals surface area contributed by atoms with Crippen LogP contribution in [0.1, 0.15) is 297 Å². The Hall–Kier alpha value is -1.87. The fourth-order valence-corrected chi connectivity index (χ4v) is 10.6. The number of nitrogens with zero attached hydrogens (tertiary/aromatic N) is 1. The summed E-state index contributed by atoms with van der Waals surface area (Å²) in [7, 11) is 2.08. The van der Waals surface area contributed by atoms with Gasteiger partial charge in [0.1, 0.15) is 24.9 Å². The van der Waals surface area contributed by atoms with Crippen LogP contribution in [0.4, 0.5) is 0 Å². The zero-order valence-electron chi connectivity index (χ0n) is 53.8. The molecule has 13 heteroatoms. The van der Waals surface area contributed by atoms with Gasteiger partial charge in [-0.1, -0.05) is 195 Å². The molecule has 1 fully saturated rings. The Labute approximate surface area is 498 Å². The van der Waals surface area contributed by atoms with Crippen LogP contribution in [0.2, 0.25) is 0 Å². The fraction of sp³-hybridized carbons (Fsp3) is 0.956.